The Morgan fingerprint density at radius 3 is 2.50 bits per heavy atom. The number of aryl methyl sites for hydroxylation is 1. The van der Waals surface area contributed by atoms with Gasteiger partial charge in [-0.2, -0.15) is 0 Å². The first-order valence-corrected chi connectivity index (χ1v) is 9.15. The molecule has 0 unspecified atom stereocenters. The van der Waals surface area contributed by atoms with Crippen molar-refractivity contribution in [1.82, 2.24) is 0 Å². The van der Waals surface area contributed by atoms with Crippen molar-refractivity contribution in [2.45, 2.75) is 36.0 Å². The number of benzene rings is 2. The fraction of sp³-hybridized carbons (Fsp3) is 0.222. The Hall–Kier alpha value is -2.47. The van der Waals surface area contributed by atoms with E-state index in [1.54, 1.807) is 12.1 Å². The van der Waals surface area contributed by atoms with Crippen LogP contribution in [0.1, 0.15) is 51.6 Å². The van der Waals surface area contributed by atoms with Crippen LogP contribution < -0.4 is 0 Å². The van der Waals surface area contributed by atoms with Gasteiger partial charge < -0.3 is 5.11 Å². The van der Waals surface area contributed by atoms with E-state index in [9.17, 15) is 23.1 Å². The van der Waals surface area contributed by atoms with Gasteiger partial charge in [0, 0.05) is 11.1 Å². The van der Waals surface area contributed by atoms with Crippen molar-refractivity contribution < 1.29 is 23.1 Å². The number of carboxylic acid groups (broad SMARTS) is 1. The van der Waals surface area contributed by atoms with Crippen LogP contribution in [-0.4, -0.2) is 25.3 Å². The number of carbonyl (C=O) groups excluding carboxylic acids is 1. The third kappa shape index (κ3) is 2.43. The summed E-state index contributed by atoms with van der Waals surface area (Å²) >= 11 is 0. The Bertz CT molecular complexity index is 957. The highest BCUT2D eigenvalue weighted by molar-refractivity contribution is 7.91. The smallest absolute Gasteiger partial charge is 0.335 e. The summed E-state index contributed by atoms with van der Waals surface area (Å²) in [4.78, 5) is 24.0. The maximum atomic E-state index is 12.9. The molecule has 2 aromatic rings. The average Bonchev–Trinajstić information content (AvgIpc) is 2.57. The van der Waals surface area contributed by atoms with E-state index in [1.807, 2.05) is 6.92 Å². The highest BCUT2D eigenvalue weighted by Gasteiger charge is 2.36. The standard InChI is InChI=1S/C18H16O5S/c1-2-3-6-11-9-12(18(20)21)10-15-16(11)17(19)13-7-4-5-8-14(13)24(15,22)23/h4-5,7-10H,2-3,6H2,1H3,(H,20,21). The van der Waals surface area contributed by atoms with E-state index in [-0.39, 0.29) is 32.3 Å². The number of carbonyl (C=O) groups is 2. The van der Waals surface area contributed by atoms with Gasteiger partial charge in [0.25, 0.3) is 0 Å². The van der Waals surface area contributed by atoms with Crippen molar-refractivity contribution in [3.8, 4) is 0 Å². The van der Waals surface area contributed by atoms with Crippen LogP contribution in [0.15, 0.2) is 46.2 Å². The summed E-state index contributed by atoms with van der Waals surface area (Å²) in [6.45, 7) is 1.97. The van der Waals surface area contributed by atoms with Crippen molar-refractivity contribution in [2.24, 2.45) is 0 Å². The molecule has 2 aromatic carbocycles. The Morgan fingerprint density at radius 1 is 1.12 bits per heavy atom. The lowest BCUT2D eigenvalue weighted by Crippen LogP contribution is -2.23. The third-order valence-corrected chi connectivity index (χ3v) is 6.00. The third-order valence-electron chi connectivity index (χ3n) is 4.17. The minimum Gasteiger partial charge on any atom is -0.478 e. The molecule has 0 saturated heterocycles. The van der Waals surface area contributed by atoms with Crippen LogP contribution >= 0.6 is 0 Å². The molecule has 0 aliphatic carbocycles. The lowest BCUT2D eigenvalue weighted by molar-refractivity contribution is 0.0696. The quantitative estimate of drug-likeness (QED) is 0.785. The topological polar surface area (TPSA) is 88.5 Å². The second-order valence-electron chi connectivity index (χ2n) is 5.75. The van der Waals surface area contributed by atoms with E-state index in [4.69, 9.17) is 0 Å². The largest absolute Gasteiger partial charge is 0.478 e. The van der Waals surface area contributed by atoms with Gasteiger partial charge in [-0.05, 0) is 42.7 Å². The lowest BCUT2D eigenvalue weighted by Gasteiger charge is -2.22. The molecule has 1 aliphatic heterocycles. The molecule has 6 heteroatoms. The summed E-state index contributed by atoms with van der Waals surface area (Å²) < 4.78 is 25.8. The van der Waals surface area contributed by atoms with Crippen LogP contribution in [0, 0.1) is 0 Å². The summed E-state index contributed by atoms with van der Waals surface area (Å²) in [5, 5.41) is 9.29. The molecule has 5 nitrogen and oxygen atoms in total. The molecule has 24 heavy (non-hydrogen) atoms. The lowest BCUT2D eigenvalue weighted by atomic mass is 9.93. The van der Waals surface area contributed by atoms with Crippen LogP contribution in [0.4, 0.5) is 0 Å². The van der Waals surface area contributed by atoms with Gasteiger partial charge in [0.05, 0.1) is 15.4 Å². The number of carboxylic acids is 1. The summed E-state index contributed by atoms with van der Waals surface area (Å²) in [5.41, 5.74) is 0.628. The number of fused-ring (bicyclic) bond motifs is 2. The maximum Gasteiger partial charge on any atom is 0.335 e. The molecule has 1 heterocycles. The molecule has 124 valence electrons. The van der Waals surface area contributed by atoms with Crippen LogP contribution in [0.3, 0.4) is 0 Å². The van der Waals surface area contributed by atoms with E-state index >= 15 is 0 Å². The molecule has 0 radical (unpaired) electrons. The van der Waals surface area contributed by atoms with Gasteiger partial charge in [0.2, 0.25) is 9.84 Å². The Labute approximate surface area is 139 Å². The monoisotopic (exact) mass is 344 g/mol. The zero-order chi connectivity index (χ0) is 17.5. The fourth-order valence-electron chi connectivity index (χ4n) is 2.97. The van der Waals surface area contributed by atoms with Gasteiger partial charge in [-0.15, -0.1) is 0 Å². The van der Waals surface area contributed by atoms with Gasteiger partial charge in [0.1, 0.15) is 0 Å². The predicted octanol–water partition coefficient (Wildman–Crippen LogP) is 3.10. The van der Waals surface area contributed by atoms with E-state index < -0.39 is 15.8 Å². The van der Waals surface area contributed by atoms with Crippen LogP contribution in [-0.2, 0) is 16.3 Å². The Kier molecular flexibility index (Phi) is 4.01. The van der Waals surface area contributed by atoms with Crippen LogP contribution in [0.5, 0.6) is 0 Å². The number of aromatic carboxylic acids is 1. The highest BCUT2D eigenvalue weighted by Crippen LogP contribution is 2.37. The molecule has 0 amide bonds. The Balaban J connectivity index is 2.35. The van der Waals surface area contributed by atoms with Crippen molar-refractivity contribution >= 4 is 21.6 Å². The molecule has 0 bridgehead atoms. The van der Waals surface area contributed by atoms with Gasteiger partial charge in [-0.3, -0.25) is 4.79 Å². The number of sulfone groups is 1. The van der Waals surface area contributed by atoms with Gasteiger partial charge >= 0.3 is 5.97 Å². The molecule has 1 aliphatic rings. The number of ketones is 1. The zero-order valence-corrected chi connectivity index (χ0v) is 13.9. The van der Waals surface area contributed by atoms with Crippen molar-refractivity contribution in [3.05, 3.63) is 58.7 Å². The first-order valence-electron chi connectivity index (χ1n) is 7.67. The molecule has 0 fully saturated rings. The van der Waals surface area contributed by atoms with E-state index in [1.165, 1.54) is 18.2 Å². The zero-order valence-electron chi connectivity index (χ0n) is 13.1. The fourth-order valence-corrected chi connectivity index (χ4v) is 4.69. The molecular formula is C18H16O5S. The van der Waals surface area contributed by atoms with Crippen LogP contribution in [0.25, 0.3) is 0 Å². The molecule has 0 aromatic heterocycles. The number of rotatable bonds is 4. The minimum absolute atomic E-state index is 0.0634. The minimum atomic E-state index is -3.92. The average molecular weight is 344 g/mol. The van der Waals surface area contributed by atoms with Crippen molar-refractivity contribution in [2.75, 3.05) is 0 Å². The van der Waals surface area contributed by atoms with E-state index in [0.717, 1.165) is 18.9 Å². The first kappa shape index (κ1) is 16.4. The normalized spacial score (nSPS) is 14.8. The molecule has 0 spiro atoms. The molecule has 0 saturated carbocycles. The molecule has 0 atom stereocenters. The predicted molar refractivity (Wildman–Crippen MR) is 87.3 cm³/mol. The van der Waals surface area contributed by atoms with Gasteiger partial charge in [-0.25, -0.2) is 13.2 Å². The van der Waals surface area contributed by atoms with Crippen LogP contribution in [0.2, 0.25) is 0 Å². The molecule has 3 rings (SSSR count). The summed E-state index contributed by atoms with van der Waals surface area (Å²) in [6, 6.07) is 8.55. The summed E-state index contributed by atoms with van der Waals surface area (Å²) in [7, 11) is -3.92. The SMILES string of the molecule is CCCCc1cc(C(=O)O)cc2c1C(=O)c1ccccc1S2(=O)=O. The molecule has 1 N–H and O–H groups in total. The maximum absolute atomic E-state index is 12.9. The highest BCUT2D eigenvalue weighted by atomic mass is 32.2. The van der Waals surface area contributed by atoms with E-state index in [2.05, 4.69) is 0 Å². The first-order chi connectivity index (χ1) is 11.4. The van der Waals surface area contributed by atoms with Crippen molar-refractivity contribution in [3.63, 3.8) is 0 Å². The second kappa shape index (κ2) is 5.87. The summed E-state index contributed by atoms with van der Waals surface area (Å²) in [6.07, 6.45) is 2.05. The molecular weight excluding hydrogens is 328 g/mol. The number of hydrogen-bond acceptors (Lipinski definition) is 4. The van der Waals surface area contributed by atoms with E-state index in [0.29, 0.717) is 12.0 Å². The second-order valence-corrected chi connectivity index (χ2v) is 7.63. The number of unbranched alkanes of at least 4 members (excludes halogenated alkanes) is 1. The van der Waals surface area contributed by atoms with Crippen molar-refractivity contribution in [1.29, 1.82) is 0 Å². The number of hydrogen-bond donors (Lipinski definition) is 1. The summed E-state index contributed by atoms with van der Waals surface area (Å²) in [5.74, 6) is -1.57. The Morgan fingerprint density at radius 2 is 1.83 bits per heavy atom. The van der Waals surface area contributed by atoms with Gasteiger partial charge in [0.15, 0.2) is 5.78 Å². The van der Waals surface area contributed by atoms with Gasteiger partial charge in [-0.1, -0.05) is 25.5 Å².